The van der Waals surface area contributed by atoms with Gasteiger partial charge in [-0.2, -0.15) is 10.4 Å². The van der Waals surface area contributed by atoms with Gasteiger partial charge in [0.15, 0.2) is 10.1 Å². The van der Waals surface area contributed by atoms with E-state index in [2.05, 4.69) is 35.2 Å². The minimum absolute atomic E-state index is 0.0519. The Morgan fingerprint density at radius 1 is 1.37 bits per heavy atom. The minimum atomic E-state index is -0.500. The second-order valence-corrected chi connectivity index (χ2v) is 10.4. The van der Waals surface area contributed by atoms with Crippen molar-refractivity contribution in [3.8, 4) is 6.07 Å². The third-order valence-electron chi connectivity index (χ3n) is 5.42. The van der Waals surface area contributed by atoms with E-state index in [1.807, 2.05) is 14.0 Å². The van der Waals surface area contributed by atoms with E-state index in [1.54, 1.807) is 27.5 Å². The van der Waals surface area contributed by atoms with Crippen LogP contribution >= 0.6 is 23.1 Å². The number of nitrogens with zero attached hydrogens (tertiary/aromatic N) is 6. The van der Waals surface area contributed by atoms with Crippen LogP contribution in [0.1, 0.15) is 50.3 Å². The molecule has 30 heavy (non-hydrogen) atoms. The number of aromatic nitrogens is 4. The molecule has 0 radical (unpaired) electrons. The highest BCUT2D eigenvalue weighted by Crippen LogP contribution is 2.47. The quantitative estimate of drug-likeness (QED) is 0.718. The third-order valence-corrected chi connectivity index (χ3v) is 7.42. The number of allylic oxidation sites excluding steroid dienone is 3. The summed E-state index contributed by atoms with van der Waals surface area (Å²) in [6.07, 6.45) is 3.64. The molecule has 0 aromatic carbocycles. The highest BCUT2D eigenvalue weighted by molar-refractivity contribution is 8.01. The molecule has 1 atom stereocenters. The van der Waals surface area contributed by atoms with Gasteiger partial charge in [-0.15, -0.1) is 10.2 Å². The molecule has 2 aliphatic rings. The first-order chi connectivity index (χ1) is 14.3. The summed E-state index contributed by atoms with van der Waals surface area (Å²) in [5.74, 6) is -0.132. The molecule has 1 aliphatic carbocycles. The predicted molar refractivity (Wildman–Crippen MR) is 117 cm³/mol. The van der Waals surface area contributed by atoms with Crippen LogP contribution < -0.4 is 10.6 Å². The van der Waals surface area contributed by atoms with E-state index in [4.69, 9.17) is 5.73 Å². The lowest BCUT2D eigenvalue weighted by Crippen LogP contribution is -2.38. The number of rotatable bonds is 4. The Hall–Kier alpha value is -2.64. The van der Waals surface area contributed by atoms with Gasteiger partial charge in [-0.3, -0.25) is 14.4 Å². The summed E-state index contributed by atoms with van der Waals surface area (Å²) < 4.78 is 2.58. The van der Waals surface area contributed by atoms with Gasteiger partial charge in [-0.05, 0) is 19.8 Å². The Balaban J connectivity index is 1.90. The van der Waals surface area contributed by atoms with E-state index in [0.717, 1.165) is 27.7 Å². The maximum absolute atomic E-state index is 13.1. The molecule has 0 amide bonds. The standard InChI is InChI=1S/C20H23N7OS2/c1-10(2)29-20-25-24-19(30-20)27-14-6-5-7-15(28)17(14)16(12(8-21)18(27)22)13-9-23-26(4)11(13)3/h9-10,16H,5-7,22H2,1-4H3/t16-/m0/s1. The van der Waals surface area contributed by atoms with Crippen molar-refractivity contribution in [2.45, 2.75) is 55.5 Å². The van der Waals surface area contributed by atoms with Crippen molar-refractivity contribution in [3.05, 3.63) is 40.1 Å². The number of nitriles is 1. The number of Topliss-reactive ketones (excluding diaryl/α,β-unsaturated/α-hetero) is 1. The van der Waals surface area contributed by atoms with Crippen molar-refractivity contribution in [1.82, 2.24) is 20.0 Å². The van der Waals surface area contributed by atoms with Gasteiger partial charge in [0, 0.05) is 41.2 Å². The van der Waals surface area contributed by atoms with Crippen LogP contribution in [0.5, 0.6) is 0 Å². The fourth-order valence-corrected chi connectivity index (χ4v) is 6.06. The van der Waals surface area contributed by atoms with Crippen LogP contribution in [-0.4, -0.2) is 31.0 Å². The number of carbonyl (C=O) groups excluding carboxylic acids is 1. The zero-order chi connectivity index (χ0) is 21.6. The number of anilines is 1. The van der Waals surface area contributed by atoms with Crippen molar-refractivity contribution in [3.63, 3.8) is 0 Å². The van der Waals surface area contributed by atoms with Crippen molar-refractivity contribution in [2.75, 3.05) is 4.90 Å². The summed E-state index contributed by atoms with van der Waals surface area (Å²) in [5.41, 5.74) is 10.1. The highest BCUT2D eigenvalue weighted by atomic mass is 32.2. The van der Waals surface area contributed by atoms with E-state index in [0.29, 0.717) is 40.2 Å². The van der Waals surface area contributed by atoms with Gasteiger partial charge < -0.3 is 5.73 Å². The van der Waals surface area contributed by atoms with E-state index < -0.39 is 5.92 Å². The van der Waals surface area contributed by atoms with Gasteiger partial charge in [0.1, 0.15) is 5.82 Å². The molecule has 0 saturated carbocycles. The second kappa shape index (κ2) is 7.89. The molecule has 0 bridgehead atoms. The van der Waals surface area contributed by atoms with Crippen LogP contribution in [0.4, 0.5) is 5.13 Å². The molecule has 8 nitrogen and oxygen atoms in total. The van der Waals surface area contributed by atoms with E-state index >= 15 is 0 Å². The van der Waals surface area contributed by atoms with Gasteiger partial charge in [0.05, 0.1) is 23.8 Å². The highest BCUT2D eigenvalue weighted by Gasteiger charge is 2.42. The van der Waals surface area contributed by atoms with Crippen LogP contribution in [0.3, 0.4) is 0 Å². The molecular formula is C20H23N7OS2. The third kappa shape index (κ3) is 3.32. The Labute approximate surface area is 183 Å². The lowest BCUT2D eigenvalue weighted by Gasteiger charge is -2.37. The molecule has 2 aromatic rings. The van der Waals surface area contributed by atoms with Crippen molar-refractivity contribution in [2.24, 2.45) is 12.8 Å². The number of ketones is 1. The monoisotopic (exact) mass is 441 g/mol. The van der Waals surface area contributed by atoms with Crippen molar-refractivity contribution < 1.29 is 4.79 Å². The number of hydrogen-bond donors (Lipinski definition) is 1. The van der Waals surface area contributed by atoms with Crippen LogP contribution in [0.25, 0.3) is 0 Å². The fourth-order valence-electron chi connectivity index (χ4n) is 3.96. The molecule has 0 saturated heterocycles. The Bertz CT molecular complexity index is 1120. The number of nitrogens with two attached hydrogens (primary N) is 1. The topological polar surface area (TPSA) is 114 Å². The number of aryl methyl sites for hydroxylation is 1. The molecule has 2 aromatic heterocycles. The Kier molecular flexibility index (Phi) is 5.42. The lowest BCUT2D eigenvalue weighted by atomic mass is 9.76. The van der Waals surface area contributed by atoms with Gasteiger partial charge in [-0.25, -0.2) is 0 Å². The first kappa shape index (κ1) is 20.6. The SMILES string of the molecule is Cc1c([C@@H]2C(C#N)=C(N)N(c3nnc(SC(C)C)s3)C3=C2C(=O)CCC3)cnn1C. The minimum Gasteiger partial charge on any atom is -0.384 e. The zero-order valence-corrected chi connectivity index (χ0v) is 19.0. The van der Waals surface area contributed by atoms with E-state index in [9.17, 15) is 10.1 Å². The first-order valence-electron chi connectivity index (χ1n) is 9.78. The largest absolute Gasteiger partial charge is 0.384 e. The summed E-state index contributed by atoms with van der Waals surface area (Å²) in [6, 6.07) is 2.27. The molecule has 0 spiro atoms. The van der Waals surface area contributed by atoms with E-state index in [1.165, 1.54) is 11.3 Å². The van der Waals surface area contributed by atoms with Crippen molar-refractivity contribution >= 4 is 34.0 Å². The smallest absolute Gasteiger partial charge is 0.219 e. The normalized spacial score (nSPS) is 19.5. The molecule has 156 valence electrons. The zero-order valence-electron chi connectivity index (χ0n) is 17.3. The molecule has 10 heteroatoms. The van der Waals surface area contributed by atoms with Gasteiger partial charge >= 0.3 is 0 Å². The Morgan fingerprint density at radius 2 is 2.13 bits per heavy atom. The maximum Gasteiger partial charge on any atom is 0.219 e. The molecule has 1 aliphatic heterocycles. The van der Waals surface area contributed by atoms with Crippen molar-refractivity contribution in [1.29, 1.82) is 5.26 Å². The molecule has 4 rings (SSSR count). The summed E-state index contributed by atoms with van der Waals surface area (Å²) in [7, 11) is 1.85. The summed E-state index contributed by atoms with van der Waals surface area (Å²) >= 11 is 3.05. The molecule has 0 fully saturated rings. The summed E-state index contributed by atoms with van der Waals surface area (Å²) in [5, 5.41) is 23.9. The van der Waals surface area contributed by atoms with Crippen LogP contribution in [-0.2, 0) is 11.8 Å². The van der Waals surface area contributed by atoms with Crippen LogP contribution in [0.15, 0.2) is 33.2 Å². The molecular weight excluding hydrogens is 418 g/mol. The Morgan fingerprint density at radius 3 is 2.77 bits per heavy atom. The molecule has 3 heterocycles. The van der Waals surface area contributed by atoms with Gasteiger partial charge in [0.2, 0.25) is 5.13 Å². The average Bonchev–Trinajstić information content (AvgIpc) is 3.27. The first-order valence-corrected chi connectivity index (χ1v) is 11.5. The van der Waals surface area contributed by atoms with Crippen LogP contribution in [0, 0.1) is 18.3 Å². The number of thioether (sulfide) groups is 1. The summed E-state index contributed by atoms with van der Waals surface area (Å²) in [4.78, 5) is 14.9. The summed E-state index contributed by atoms with van der Waals surface area (Å²) in [6.45, 7) is 6.12. The van der Waals surface area contributed by atoms with E-state index in [-0.39, 0.29) is 5.78 Å². The van der Waals surface area contributed by atoms with Gasteiger partial charge in [-0.1, -0.05) is 36.9 Å². The number of hydrogen-bond acceptors (Lipinski definition) is 9. The molecule has 0 unspecified atom stereocenters. The molecule has 2 N–H and O–H groups in total. The predicted octanol–water partition coefficient (Wildman–Crippen LogP) is 3.39. The average molecular weight is 442 g/mol. The van der Waals surface area contributed by atoms with Gasteiger partial charge in [0.25, 0.3) is 0 Å². The fraction of sp³-hybridized carbons (Fsp3) is 0.450. The lowest BCUT2D eigenvalue weighted by molar-refractivity contribution is -0.116. The van der Waals surface area contributed by atoms with Crippen LogP contribution in [0.2, 0.25) is 0 Å². The number of carbonyl (C=O) groups is 1. The maximum atomic E-state index is 13.1. The second-order valence-electron chi connectivity index (χ2n) is 7.64.